The van der Waals surface area contributed by atoms with Crippen molar-refractivity contribution in [2.75, 3.05) is 19.6 Å². The first-order chi connectivity index (χ1) is 15.0. The smallest absolute Gasteiger partial charge is 0.475 e. The molecule has 0 bridgehead atoms. The Bertz CT molecular complexity index is 948. The van der Waals surface area contributed by atoms with E-state index in [1.54, 1.807) is 6.20 Å². The Morgan fingerprint density at radius 1 is 1.41 bits per heavy atom. The summed E-state index contributed by atoms with van der Waals surface area (Å²) in [6.07, 6.45) is 3.41. The van der Waals surface area contributed by atoms with E-state index in [9.17, 15) is 18.0 Å². The number of amides is 1. The molecule has 0 saturated carbocycles. The number of hydrogen-bond donors (Lipinski definition) is 2. The summed E-state index contributed by atoms with van der Waals surface area (Å²) >= 11 is 0. The third kappa shape index (κ3) is 4.93. The van der Waals surface area contributed by atoms with Gasteiger partial charge in [-0.3, -0.25) is 9.78 Å². The van der Waals surface area contributed by atoms with Gasteiger partial charge in [0.2, 0.25) is 5.91 Å². The van der Waals surface area contributed by atoms with Crippen molar-refractivity contribution in [1.82, 2.24) is 24.8 Å². The Kier molecular flexibility index (Phi) is 6.87. The van der Waals surface area contributed by atoms with Crippen molar-refractivity contribution < 1.29 is 27.9 Å². The number of rotatable bonds is 4. The number of aliphatic carboxylic acids is 1. The van der Waals surface area contributed by atoms with Gasteiger partial charge in [-0.25, -0.2) is 9.78 Å². The van der Waals surface area contributed by atoms with Crippen LogP contribution in [0.15, 0.2) is 37.1 Å². The molecule has 0 radical (unpaired) electrons. The minimum atomic E-state index is -5.08. The molecule has 0 aliphatic carbocycles. The number of carbonyl (C=O) groups excluding carboxylic acids is 1. The fourth-order valence-electron chi connectivity index (χ4n) is 4.17. The molecule has 1 amide bonds. The molecular formula is C21H26F3N5O3. The minimum Gasteiger partial charge on any atom is -0.475 e. The molecule has 1 spiro atoms. The second-order valence-electron chi connectivity index (χ2n) is 8.32. The van der Waals surface area contributed by atoms with Gasteiger partial charge in [0, 0.05) is 56.7 Å². The molecule has 2 N–H and O–H groups in total. The maximum absolute atomic E-state index is 13.3. The standard InChI is InChI=1S/C19H25N5O.C2HF3O2/c1-14(2)24-11-17(22-13-24)16-9-21-12-19(16)5-7-23(18(19)25)10-15-4-3-6-20-8-15;3-2(4,5)1(6)7/h3-4,6,8,11,13-14,16,21H,5,7,9-10,12H2,1-2H3;(H,6,7). The van der Waals surface area contributed by atoms with Gasteiger partial charge >= 0.3 is 12.1 Å². The first-order valence-corrected chi connectivity index (χ1v) is 10.3. The molecular weight excluding hydrogens is 427 g/mol. The summed E-state index contributed by atoms with van der Waals surface area (Å²) in [6.45, 7) is 7.30. The minimum absolute atomic E-state index is 0.152. The molecule has 32 heavy (non-hydrogen) atoms. The van der Waals surface area contributed by atoms with Crippen LogP contribution in [0, 0.1) is 5.41 Å². The van der Waals surface area contributed by atoms with Crippen LogP contribution >= 0.6 is 0 Å². The van der Waals surface area contributed by atoms with Gasteiger partial charge in [0.05, 0.1) is 17.4 Å². The lowest BCUT2D eigenvalue weighted by Gasteiger charge is -2.28. The van der Waals surface area contributed by atoms with Gasteiger partial charge in [0.1, 0.15) is 0 Å². The number of nitrogens with one attached hydrogen (secondary N) is 1. The van der Waals surface area contributed by atoms with Crippen LogP contribution in [0.3, 0.4) is 0 Å². The second kappa shape index (κ2) is 9.27. The fraction of sp³-hybridized carbons (Fsp3) is 0.524. The van der Waals surface area contributed by atoms with Gasteiger partial charge in [-0.1, -0.05) is 6.07 Å². The maximum Gasteiger partial charge on any atom is 0.490 e. The Labute approximate surface area is 183 Å². The van der Waals surface area contributed by atoms with Crippen molar-refractivity contribution in [3.05, 3.63) is 48.3 Å². The highest BCUT2D eigenvalue weighted by Gasteiger charge is 2.55. The van der Waals surface area contributed by atoms with Crippen LogP contribution in [0.1, 0.15) is 43.5 Å². The van der Waals surface area contributed by atoms with Crippen LogP contribution in [-0.2, 0) is 16.1 Å². The number of likely N-dealkylation sites (tertiary alicyclic amines) is 1. The number of halogens is 3. The predicted molar refractivity (Wildman–Crippen MR) is 109 cm³/mol. The van der Waals surface area contributed by atoms with Crippen LogP contribution in [0.2, 0.25) is 0 Å². The van der Waals surface area contributed by atoms with Gasteiger partial charge in [-0.05, 0) is 31.9 Å². The molecule has 2 aromatic rings. The number of pyridine rings is 1. The molecule has 2 aliphatic heterocycles. The van der Waals surface area contributed by atoms with E-state index in [1.807, 2.05) is 29.6 Å². The lowest BCUT2D eigenvalue weighted by molar-refractivity contribution is -0.192. The summed E-state index contributed by atoms with van der Waals surface area (Å²) in [5.41, 5.74) is 1.77. The van der Waals surface area contributed by atoms with E-state index in [0.29, 0.717) is 12.6 Å². The Hall–Kier alpha value is -2.95. The van der Waals surface area contributed by atoms with Gasteiger partial charge in [-0.2, -0.15) is 13.2 Å². The van der Waals surface area contributed by atoms with E-state index < -0.39 is 12.1 Å². The van der Waals surface area contributed by atoms with E-state index in [0.717, 1.165) is 37.3 Å². The molecule has 2 aromatic heterocycles. The van der Waals surface area contributed by atoms with Crippen molar-refractivity contribution in [2.45, 2.75) is 44.9 Å². The molecule has 2 atom stereocenters. The first-order valence-electron chi connectivity index (χ1n) is 10.3. The van der Waals surface area contributed by atoms with Crippen molar-refractivity contribution >= 4 is 11.9 Å². The van der Waals surface area contributed by atoms with Crippen LogP contribution < -0.4 is 5.32 Å². The van der Waals surface area contributed by atoms with E-state index in [-0.39, 0.29) is 17.2 Å². The molecule has 2 saturated heterocycles. The largest absolute Gasteiger partial charge is 0.490 e. The van der Waals surface area contributed by atoms with E-state index in [2.05, 4.69) is 39.9 Å². The summed E-state index contributed by atoms with van der Waals surface area (Å²) in [5.74, 6) is -2.35. The second-order valence-corrected chi connectivity index (χ2v) is 8.32. The SMILES string of the molecule is CC(C)n1cnc(C2CNCC23CCN(Cc2cccnc2)C3=O)c1.O=C(O)C(F)(F)F. The van der Waals surface area contributed by atoms with Crippen molar-refractivity contribution in [3.8, 4) is 0 Å². The summed E-state index contributed by atoms with van der Waals surface area (Å²) in [4.78, 5) is 33.0. The summed E-state index contributed by atoms with van der Waals surface area (Å²) in [6, 6.07) is 4.33. The highest BCUT2D eigenvalue weighted by Crippen LogP contribution is 2.47. The molecule has 2 fully saturated rings. The predicted octanol–water partition coefficient (Wildman–Crippen LogP) is 2.60. The fourth-order valence-corrected chi connectivity index (χ4v) is 4.17. The third-order valence-electron chi connectivity index (χ3n) is 5.91. The Morgan fingerprint density at radius 3 is 2.69 bits per heavy atom. The van der Waals surface area contributed by atoms with Crippen LogP contribution in [0.25, 0.3) is 0 Å². The third-order valence-corrected chi connectivity index (χ3v) is 5.91. The van der Waals surface area contributed by atoms with Crippen LogP contribution in [0.4, 0.5) is 13.2 Å². The highest BCUT2D eigenvalue weighted by atomic mass is 19.4. The first kappa shape index (κ1) is 23.7. The molecule has 2 aliphatic rings. The normalized spacial score (nSPS) is 23.0. The highest BCUT2D eigenvalue weighted by molar-refractivity contribution is 5.86. The van der Waals surface area contributed by atoms with Gasteiger partial charge in [0.15, 0.2) is 0 Å². The lowest BCUT2D eigenvalue weighted by atomic mass is 9.75. The Balaban J connectivity index is 0.000000360. The molecule has 11 heteroatoms. The number of nitrogens with zero attached hydrogens (tertiary/aromatic N) is 4. The molecule has 2 unspecified atom stereocenters. The van der Waals surface area contributed by atoms with Crippen molar-refractivity contribution in [1.29, 1.82) is 0 Å². The number of alkyl halides is 3. The maximum atomic E-state index is 13.3. The summed E-state index contributed by atoms with van der Waals surface area (Å²) < 4.78 is 33.9. The van der Waals surface area contributed by atoms with E-state index >= 15 is 0 Å². The number of hydrogen-bond acceptors (Lipinski definition) is 5. The van der Waals surface area contributed by atoms with E-state index in [1.165, 1.54) is 0 Å². The number of imidazole rings is 1. The molecule has 174 valence electrons. The van der Waals surface area contributed by atoms with Gasteiger partial charge in [-0.15, -0.1) is 0 Å². The number of carboxylic acid groups (broad SMARTS) is 1. The van der Waals surface area contributed by atoms with Crippen LogP contribution in [0.5, 0.6) is 0 Å². The molecule has 0 aromatic carbocycles. The molecule has 4 rings (SSSR count). The number of carbonyl (C=O) groups is 2. The van der Waals surface area contributed by atoms with Crippen molar-refractivity contribution in [2.24, 2.45) is 5.41 Å². The number of aromatic nitrogens is 3. The quantitative estimate of drug-likeness (QED) is 0.738. The van der Waals surface area contributed by atoms with Gasteiger partial charge in [0.25, 0.3) is 0 Å². The zero-order valence-electron chi connectivity index (χ0n) is 17.8. The average molecular weight is 453 g/mol. The zero-order valence-corrected chi connectivity index (χ0v) is 17.8. The van der Waals surface area contributed by atoms with Crippen LogP contribution in [-0.4, -0.2) is 62.2 Å². The lowest BCUT2D eigenvalue weighted by Crippen LogP contribution is -2.39. The van der Waals surface area contributed by atoms with E-state index in [4.69, 9.17) is 9.90 Å². The average Bonchev–Trinajstić information content (AvgIpc) is 3.45. The van der Waals surface area contributed by atoms with Gasteiger partial charge < -0.3 is 19.9 Å². The number of carboxylic acids is 1. The summed E-state index contributed by atoms with van der Waals surface area (Å²) in [5, 5.41) is 10.6. The summed E-state index contributed by atoms with van der Waals surface area (Å²) in [7, 11) is 0. The Morgan fingerprint density at radius 2 is 2.12 bits per heavy atom. The monoisotopic (exact) mass is 453 g/mol. The molecule has 4 heterocycles. The van der Waals surface area contributed by atoms with Crippen molar-refractivity contribution in [3.63, 3.8) is 0 Å². The molecule has 8 nitrogen and oxygen atoms in total. The zero-order chi connectivity index (χ0) is 23.5. The topological polar surface area (TPSA) is 100 Å².